The lowest BCUT2D eigenvalue weighted by Crippen LogP contribution is -2.33. The highest BCUT2D eigenvalue weighted by Crippen LogP contribution is 2.15. The molecule has 0 saturated heterocycles. The van der Waals surface area contributed by atoms with Crippen molar-refractivity contribution in [2.45, 2.75) is 19.9 Å². The molecule has 2 aromatic rings. The number of nitrogens with one attached hydrogen (secondary N) is 1. The van der Waals surface area contributed by atoms with Gasteiger partial charge in [0.05, 0.1) is 6.20 Å². The minimum absolute atomic E-state index is 0.516. The quantitative estimate of drug-likeness (QED) is 0.842. The van der Waals surface area contributed by atoms with E-state index in [0.717, 1.165) is 24.4 Å². The fourth-order valence-corrected chi connectivity index (χ4v) is 1.76. The van der Waals surface area contributed by atoms with E-state index in [1.807, 2.05) is 16.8 Å². The molecule has 0 atom stereocenters. The van der Waals surface area contributed by atoms with Crippen LogP contribution in [0.5, 0.6) is 0 Å². The zero-order chi connectivity index (χ0) is 12.3. The van der Waals surface area contributed by atoms with Crippen molar-refractivity contribution in [2.24, 2.45) is 0 Å². The van der Waals surface area contributed by atoms with E-state index in [-0.39, 0.29) is 0 Å². The topological polar surface area (TPSA) is 45.5 Å². The Morgan fingerprint density at radius 3 is 3.00 bits per heavy atom. The molecular formula is C12H19N5. The minimum Gasteiger partial charge on any atom is -0.357 e. The number of rotatable bonds is 5. The summed E-state index contributed by atoms with van der Waals surface area (Å²) in [6.45, 7) is 6.17. The second-order valence-electron chi connectivity index (χ2n) is 4.44. The van der Waals surface area contributed by atoms with Gasteiger partial charge >= 0.3 is 0 Å². The first-order valence-corrected chi connectivity index (χ1v) is 5.91. The van der Waals surface area contributed by atoms with Gasteiger partial charge in [0.15, 0.2) is 5.82 Å². The third-order valence-electron chi connectivity index (χ3n) is 2.67. The van der Waals surface area contributed by atoms with Crippen molar-refractivity contribution in [1.82, 2.24) is 19.9 Å². The number of hydrogen-bond donors (Lipinski definition) is 1. The summed E-state index contributed by atoms with van der Waals surface area (Å²) in [5.74, 6) is 0.968. The van der Waals surface area contributed by atoms with Crippen molar-refractivity contribution in [1.29, 1.82) is 0 Å². The molecule has 2 heterocycles. The Bertz CT molecular complexity index is 476. The molecule has 17 heavy (non-hydrogen) atoms. The minimum atomic E-state index is 0.516. The number of fused-ring (bicyclic) bond motifs is 1. The number of hydrogen-bond acceptors (Lipinski definition) is 4. The van der Waals surface area contributed by atoms with Crippen molar-refractivity contribution >= 4 is 11.3 Å². The molecule has 1 N–H and O–H groups in total. The lowest BCUT2D eigenvalue weighted by atomic mass is 10.4. The molecule has 0 fully saturated rings. The second-order valence-corrected chi connectivity index (χ2v) is 4.44. The molecule has 2 aromatic heterocycles. The molecular weight excluding hydrogens is 214 g/mol. The van der Waals surface area contributed by atoms with Crippen LogP contribution in [0.25, 0.3) is 5.52 Å². The standard InChI is InChI=1S/C12H19N5/c1-10(2)13-6-8-16(3)12-11-4-5-15-17(11)9-7-14-12/h4-5,7,9-10,13H,6,8H2,1-3H3. The van der Waals surface area contributed by atoms with Crippen LogP contribution in [0, 0.1) is 0 Å². The largest absolute Gasteiger partial charge is 0.357 e. The Labute approximate surface area is 101 Å². The number of likely N-dealkylation sites (N-methyl/N-ethyl adjacent to an activating group) is 1. The first-order chi connectivity index (χ1) is 8.18. The highest BCUT2D eigenvalue weighted by molar-refractivity contribution is 5.67. The SMILES string of the molecule is CC(C)NCCN(C)c1nccn2nccc12. The van der Waals surface area contributed by atoms with Crippen LogP contribution >= 0.6 is 0 Å². The van der Waals surface area contributed by atoms with Crippen molar-refractivity contribution in [3.63, 3.8) is 0 Å². The molecule has 2 rings (SSSR count). The van der Waals surface area contributed by atoms with E-state index in [4.69, 9.17) is 0 Å². The molecule has 0 amide bonds. The van der Waals surface area contributed by atoms with Crippen LogP contribution in [0.3, 0.4) is 0 Å². The van der Waals surface area contributed by atoms with E-state index in [0.29, 0.717) is 6.04 Å². The average molecular weight is 233 g/mol. The van der Waals surface area contributed by atoms with E-state index in [1.165, 1.54) is 0 Å². The van der Waals surface area contributed by atoms with Crippen molar-refractivity contribution in [3.05, 3.63) is 24.7 Å². The van der Waals surface area contributed by atoms with Gasteiger partial charge in [-0.1, -0.05) is 13.8 Å². The second kappa shape index (κ2) is 5.14. The Kier molecular flexibility index (Phi) is 3.58. The molecule has 0 aromatic carbocycles. The van der Waals surface area contributed by atoms with Gasteiger partial charge in [-0.3, -0.25) is 0 Å². The molecule has 0 spiro atoms. The molecule has 5 nitrogen and oxygen atoms in total. The van der Waals surface area contributed by atoms with Crippen molar-refractivity contribution in [2.75, 3.05) is 25.0 Å². The monoisotopic (exact) mass is 233 g/mol. The summed E-state index contributed by atoms with van der Waals surface area (Å²) in [4.78, 5) is 6.56. The summed E-state index contributed by atoms with van der Waals surface area (Å²) >= 11 is 0. The number of aromatic nitrogens is 3. The van der Waals surface area contributed by atoms with E-state index < -0.39 is 0 Å². The van der Waals surface area contributed by atoms with E-state index >= 15 is 0 Å². The van der Waals surface area contributed by atoms with Gasteiger partial charge in [0, 0.05) is 38.6 Å². The maximum atomic E-state index is 4.41. The summed E-state index contributed by atoms with van der Waals surface area (Å²) in [6, 6.07) is 2.50. The maximum absolute atomic E-state index is 4.41. The number of anilines is 1. The van der Waals surface area contributed by atoms with Gasteiger partial charge in [-0.2, -0.15) is 5.10 Å². The Hall–Kier alpha value is -1.62. The van der Waals surface area contributed by atoms with Gasteiger partial charge < -0.3 is 10.2 Å². The summed E-state index contributed by atoms with van der Waals surface area (Å²) in [5.41, 5.74) is 1.04. The van der Waals surface area contributed by atoms with E-state index in [9.17, 15) is 0 Å². The molecule has 0 aliphatic carbocycles. The summed E-state index contributed by atoms with van der Waals surface area (Å²) in [7, 11) is 2.05. The van der Waals surface area contributed by atoms with Gasteiger partial charge in [0.25, 0.3) is 0 Å². The Balaban J connectivity index is 2.08. The number of nitrogens with zero attached hydrogens (tertiary/aromatic N) is 4. The lowest BCUT2D eigenvalue weighted by molar-refractivity contribution is 0.588. The average Bonchev–Trinajstić information content (AvgIpc) is 2.75. The van der Waals surface area contributed by atoms with Crippen LogP contribution < -0.4 is 10.2 Å². The van der Waals surface area contributed by atoms with Gasteiger partial charge in [-0.05, 0) is 6.07 Å². The zero-order valence-electron chi connectivity index (χ0n) is 10.6. The van der Waals surface area contributed by atoms with Crippen molar-refractivity contribution < 1.29 is 0 Å². The smallest absolute Gasteiger partial charge is 0.154 e. The molecule has 0 bridgehead atoms. The summed E-state index contributed by atoms with van der Waals surface area (Å²) in [6.07, 6.45) is 5.43. The predicted octanol–water partition coefficient (Wildman–Crippen LogP) is 1.16. The Morgan fingerprint density at radius 2 is 2.24 bits per heavy atom. The zero-order valence-corrected chi connectivity index (χ0v) is 10.6. The van der Waals surface area contributed by atoms with Gasteiger partial charge in [-0.25, -0.2) is 9.50 Å². The molecule has 0 saturated carbocycles. The molecule has 0 aliphatic heterocycles. The Morgan fingerprint density at radius 1 is 1.41 bits per heavy atom. The van der Waals surface area contributed by atoms with E-state index in [2.05, 4.69) is 41.2 Å². The highest BCUT2D eigenvalue weighted by Gasteiger charge is 2.07. The fourth-order valence-electron chi connectivity index (χ4n) is 1.76. The summed E-state index contributed by atoms with van der Waals surface area (Å²) < 4.78 is 1.84. The fraction of sp³-hybridized carbons (Fsp3) is 0.500. The normalized spacial score (nSPS) is 11.3. The molecule has 0 unspecified atom stereocenters. The molecule has 92 valence electrons. The van der Waals surface area contributed by atoms with Crippen LogP contribution in [0.4, 0.5) is 5.82 Å². The molecule has 0 radical (unpaired) electrons. The van der Waals surface area contributed by atoms with Crippen LogP contribution in [-0.4, -0.2) is 40.8 Å². The lowest BCUT2D eigenvalue weighted by Gasteiger charge is -2.19. The molecule has 5 heteroatoms. The van der Waals surface area contributed by atoms with E-state index in [1.54, 1.807) is 12.4 Å². The maximum Gasteiger partial charge on any atom is 0.154 e. The third kappa shape index (κ3) is 2.74. The van der Waals surface area contributed by atoms with Crippen LogP contribution in [0.2, 0.25) is 0 Å². The van der Waals surface area contributed by atoms with Gasteiger partial charge in [0.2, 0.25) is 0 Å². The molecule has 0 aliphatic rings. The van der Waals surface area contributed by atoms with Crippen LogP contribution in [0.1, 0.15) is 13.8 Å². The third-order valence-corrected chi connectivity index (χ3v) is 2.67. The first kappa shape index (κ1) is 11.9. The first-order valence-electron chi connectivity index (χ1n) is 5.91. The van der Waals surface area contributed by atoms with Gasteiger partial charge in [0.1, 0.15) is 5.52 Å². The van der Waals surface area contributed by atoms with Crippen LogP contribution in [-0.2, 0) is 0 Å². The highest BCUT2D eigenvalue weighted by atomic mass is 15.3. The predicted molar refractivity (Wildman–Crippen MR) is 69.4 cm³/mol. The summed E-state index contributed by atoms with van der Waals surface area (Å²) in [5, 5.41) is 7.60. The van der Waals surface area contributed by atoms with Gasteiger partial charge in [-0.15, -0.1) is 0 Å². The van der Waals surface area contributed by atoms with Crippen LogP contribution in [0.15, 0.2) is 24.7 Å². The van der Waals surface area contributed by atoms with Crippen molar-refractivity contribution in [3.8, 4) is 0 Å².